The predicted octanol–water partition coefficient (Wildman–Crippen LogP) is 2.48. The van der Waals surface area contributed by atoms with Crippen molar-refractivity contribution in [1.29, 1.82) is 5.26 Å². The summed E-state index contributed by atoms with van der Waals surface area (Å²) >= 11 is 0. The number of pyridine rings is 1. The summed E-state index contributed by atoms with van der Waals surface area (Å²) in [7, 11) is 0. The van der Waals surface area contributed by atoms with E-state index in [2.05, 4.69) is 16.0 Å². The lowest BCUT2D eigenvalue weighted by Gasteiger charge is -2.19. The van der Waals surface area contributed by atoms with E-state index in [4.69, 9.17) is 5.26 Å². The Hall–Kier alpha value is -1.56. The van der Waals surface area contributed by atoms with Crippen LogP contribution >= 0.6 is 0 Å². The van der Waals surface area contributed by atoms with E-state index in [0.29, 0.717) is 0 Å². The number of anilines is 1. The molecule has 2 rings (SSSR count). The van der Waals surface area contributed by atoms with Crippen LogP contribution in [0.2, 0.25) is 0 Å². The first kappa shape index (κ1) is 10.9. The van der Waals surface area contributed by atoms with Crippen molar-refractivity contribution in [3.05, 3.63) is 23.9 Å². The summed E-state index contributed by atoms with van der Waals surface area (Å²) in [6.45, 7) is 6.04. The molecule has 84 valence electrons. The summed E-state index contributed by atoms with van der Waals surface area (Å²) in [5.74, 6) is 1.04. The lowest BCUT2D eigenvalue weighted by atomic mass is 9.88. The highest BCUT2D eigenvalue weighted by atomic mass is 15.2. The monoisotopic (exact) mass is 215 g/mol. The van der Waals surface area contributed by atoms with Gasteiger partial charge in [0.15, 0.2) is 0 Å². The number of nitriles is 1. The van der Waals surface area contributed by atoms with Gasteiger partial charge in [0, 0.05) is 19.3 Å². The maximum absolute atomic E-state index is 9.04. The molecule has 0 radical (unpaired) electrons. The highest BCUT2D eigenvalue weighted by Gasteiger charge is 2.21. The normalized spacial score (nSPS) is 16.2. The third kappa shape index (κ3) is 2.01. The van der Waals surface area contributed by atoms with Crippen molar-refractivity contribution in [2.24, 2.45) is 0 Å². The molecule has 2 heterocycles. The molecule has 1 aliphatic rings. The van der Waals surface area contributed by atoms with E-state index >= 15 is 0 Å². The molecule has 3 nitrogen and oxygen atoms in total. The summed E-state index contributed by atoms with van der Waals surface area (Å²) in [5.41, 5.74) is 0.536. The van der Waals surface area contributed by atoms with Crippen molar-refractivity contribution in [3.8, 4) is 6.07 Å². The van der Waals surface area contributed by atoms with Gasteiger partial charge in [0.1, 0.15) is 5.82 Å². The van der Waals surface area contributed by atoms with Gasteiger partial charge in [-0.05, 0) is 38.3 Å². The van der Waals surface area contributed by atoms with Gasteiger partial charge >= 0.3 is 0 Å². The van der Waals surface area contributed by atoms with Crippen molar-refractivity contribution in [1.82, 2.24) is 4.98 Å². The minimum absolute atomic E-state index is 0.448. The molecule has 1 aliphatic heterocycles. The van der Waals surface area contributed by atoms with Gasteiger partial charge in [-0.15, -0.1) is 0 Å². The van der Waals surface area contributed by atoms with Gasteiger partial charge in [-0.3, -0.25) is 0 Å². The zero-order valence-electron chi connectivity index (χ0n) is 9.90. The molecule has 0 saturated carbocycles. The van der Waals surface area contributed by atoms with Crippen molar-refractivity contribution in [2.75, 3.05) is 18.0 Å². The fourth-order valence-corrected chi connectivity index (χ4v) is 1.95. The second kappa shape index (κ2) is 4.13. The molecule has 0 unspecified atom stereocenters. The SMILES string of the molecule is CC(C)(C#N)c1ccc(N2CCCC2)nc1. The van der Waals surface area contributed by atoms with Crippen LogP contribution in [-0.4, -0.2) is 18.1 Å². The standard InChI is InChI=1S/C13H17N3/c1-13(2,10-14)11-5-6-12(15-9-11)16-7-3-4-8-16/h5-6,9H,3-4,7-8H2,1-2H3. The van der Waals surface area contributed by atoms with Crippen LogP contribution in [-0.2, 0) is 5.41 Å². The number of hydrogen-bond donors (Lipinski definition) is 0. The molecule has 0 amide bonds. The van der Waals surface area contributed by atoms with Crippen LogP contribution in [0.5, 0.6) is 0 Å². The van der Waals surface area contributed by atoms with Crippen molar-refractivity contribution >= 4 is 5.82 Å². The summed E-state index contributed by atoms with van der Waals surface area (Å²) < 4.78 is 0. The molecule has 1 aromatic heterocycles. The lowest BCUT2D eigenvalue weighted by Crippen LogP contribution is -2.20. The molecular formula is C13H17N3. The summed E-state index contributed by atoms with van der Waals surface area (Å²) in [4.78, 5) is 6.74. The minimum atomic E-state index is -0.448. The first-order chi connectivity index (χ1) is 7.63. The predicted molar refractivity (Wildman–Crippen MR) is 64.3 cm³/mol. The number of rotatable bonds is 2. The lowest BCUT2D eigenvalue weighted by molar-refractivity contribution is 0.682. The Balaban J connectivity index is 2.20. The fourth-order valence-electron chi connectivity index (χ4n) is 1.95. The van der Waals surface area contributed by atoms with Crippen LogP contribution < -0.4 is 4.90 Å². The van der Waals surface area contributed by atoms with E-state index in [-0.39, 0.29) is 0 Å². The average Bonchev–Trinajstić information content (AvgIpc) is 2.83. The van der Waals surface area contributed by atoms with Crippen LogP contribution in [0, 0.1) is 11.3 Å². The first-order valence-corrected chi connectivity index (χ1v) is 5.76. The van der Waals surface area contributed by atoms with Gasteiger partial charge in [0.2, 0.25) is 0 Å². The molecule has 1 fully saturated rings. The Kier molecular flexibility index (Phi) is 2.82. The third-order valence-electron chi connectivity index (χ3n) is 3.18. The topological polar surface area (TPSA) is 39.9 Å². The summed E-state index contributed by atoms with van der Waals surface area (Å²) in [5, 5.41) is 9.04. The van der Waals surface area contributed by atoms with E-state index in [1.54, 1.807) is 0 Å². The molecule has 0 bridgehead atoms. The van der Waals surface area contributed by atoms with E-state index in [1.807, 2.05) is 32.2 Å². The Labute approximate surface area is 96.7 Å². The number of nitrogens with zero attached hydrogens (tertiary/aromatic N) is 3. The smallest absolute Gasteiger partial charge is 0.128 e. The molecular weight excluding hydrogens is 198 g/mol. The Morgan fingerprint density at radius 2 is 2.00 bits per heavy atom. The van der Waals surface area contributed by atoms with Crippen LogP contribution in [0.15, 0.2) is 18.3 Å². The average molecular weight is 215 g/mol. The Morgan fingerprint density at radius 1 is 1.31 bits per heavy atom. The second-order valence-corrected chi connectivity index (χ2v) is 4.84. The van der Waals surface area contributed by atoms with Gasteiger partial charge in [0.25, 0.3) is 0 Å². The van der Waals surface area contributed by atoms with Gasteiger partial charge in [0.05, 0.1) is 11.5 Å². The molecule has 0 spiro atoms. The maximum atomic E-state index is 9.04. The summed E-state index contributed by atoms with van der Waals surface area (Å²) in [6.07, 6.45) is 4.34. The van der Waals surface area contributed by atoms with E-state index in [0.717, 1.165) is 24.5 Å². The van der Waals surface area contributed by atoms with Crippen LogP contribution in [0.25, 0.3) is 0 Å². The molecule has 1 aromatic rings. The van der Waals surface area contributed by atoms with Gasteiger partial charge in [-0.25, -0.2) is 4.98 Å². The van der Waals surface area contributed by atoms with Crippen LogP contribution in [0.1, 0.15) is 32.3 Å². The van der Waals surface area contributed by atoms with Gasteiger partial charge in [-0.1, -0.05) is 6.07 Å². The number of aromatic nitrogens is 1. The quantitative estimate of drug-likeness (QED) is 0.761. The summed E-state index contributed by atoms with van der Waals surface area (Å²) in [6, 6.07) is 6.34. The van der Waals surface area contributed by atoms with E-state index < -0.39 is 5.41 Å². The molecule has 1 saturated heterocycles. The van der Waals surface area contributed by atoms with Crippen molar-refractivity contribution in [3.63, 3.8) is 0 Å². The third-order valence-corrected chi connectivity index (χ3v) is 3.18. The molecule has 0 atom stereocenters. The molecule has 0 N–H and O–H groups in total. The maximum Gasteiger partial charge on any atom is 0.128 e. The zero-order chi connectivity index (χ0) is 11.6. The molecule has 0 aliphatic carbocycles. The van der Waals surface area contributed by atoms with Crippen molar-refractivity contribution < 1.29 is 0 Å². The molecule has 0 aromatic carbocycles. The first-order valence-electron chi connectivity index (χ1n) is 5.76. The molecule has 16 heavy (non-hydrogen) atoms. The highest BCUT2D eigenvalue weighted by Crippen LogP contribution is 2.24. The van der Waals surface area contributed by atoms with E-state index in [9.17, 15) is 0 Å². The number of hydrogen-bond acceptors (Lipinski definition) is 3. The fraction of sp³-hybridized carbons (Fsp3) is 0.538. The van der Waals surface area contributed by atoms with Crippen LogP contribution in [0.4, 0.5) is 5.82 Å². The highest BCUT2D eigenvalue weighted by molar-refractivity contribution is 5.42. The zero-order valence-corrected chi connectivity index (χ0v) is 9.90. The van der Waals surface area contributed by atoms with Gasteiger partial charge in [-0.2, -0.15) is 5.26 Å². The largest absolute Gasteiger partial charge is 0.357 e. The van der Waals surface area contributed by atoms with Crippen molar-refractivity contribution in [2.45, 2.75) is 32.1 Å². The Bertz CT molecular complexity index is 394. The molecule has 3 heteroatoms. The van der Waals surface area contributed by atoms with E-state index in [1.165, 1.54) is 12.8 Å². The second-order valence-electron chi connectivity index (χ2n) is 4.84. The Morgan fingerprint density at radius 3 is 2.50 bits per heavy atom. The van der Waals surface area contributed by atoms with Gasteiger partial charge < -0.3 is 4.90 Å². The van der Waals surface area contributed by atoms with Crippen LogP contribution in [0.3, 0.4) is 0 Å². The minimum Gasteiger partial charge on any atom is -0.357 e.